The number of carbonyl (C=O) groups excluding carboxylic acids is 2. The lowest BCUT2D eigenvalue weighted by atomic mass is 10.1. The van der Waals surface area contributed by atoms with E-state index in [4.69, 9.17) is 16.3 Å². The van der Waals surface area contributed by atoms with E-state index in [2.05, 4.69) is 5.32 Å². The quantitative estimate of drug-likeness (QED) is 0.726. The number of ether oxygens (including phenoxy) is 1. The topological polar surface area (TPSA) is 58.6 Å². The predicted octanol–water partition coefficient (Wildman–Crippen LogP) is 3.97. The summed E-state index contributed by atoms with van der Waals surface area (Å²) < 4.78 is 5.70. The molecule has 6 heteroatoms. The molecule has 150 valence electrons. The molecule has 0 fully saturated rings. The minimum absolute atomic E-state index is 0.00866. The summed E-state index contributed by atoms with van der Waals surface area (Å²) >= 11 is 5.95. The largest absolute Gasteiger partial charge is 0.484 e. The summed E-state index contributed by atoms with van der Waals surface area (Å²) in [6.07, 6.45) is 0. The summed E-state index contributed by atoms with van der Waals surface area (Å²) in [7, 11) is 0. The van der Waals surface area contributed by atoms with Crippen molar-refractivity contribution < 1.29 is 14.3 Å². The summed E-state index contributed by atoms with van der Waals surface area (Å²) in [5.74, 6) is 0.194. The van der Waals surface area contributed by atoms with Crippen LogP contribution in [0.3, 0.4) is 0 Å². The van der Waals surface area contributed by atoms with Gasteiger partial charge in [-0.1, -0.05) is 41.9 Å². The van der Waals surface area contributed by atoms with Gasteiger partial charge in [-0.15, -0.1) is 0 Å². The van der Waals surface area contributed by atoms with Crippen LogP contribution in [0.25, 0.3) is 0 Å². The maximum absolute atomic E-state index is 12.9. The highest BCUT2D eigenvalue weighted by Gasteiger charge is 2.27. The molecule has 2 rings (SSSR count). The number of rotatable bonds is 8. The Bertz CT molecular complexity index is 806. The van der Waals surface area contributed by atoms with Gasteiger partial charge in [-0.2, -0.15) is 0 Å². The fraction of sp³-hybridized carbons (Fsp3) is 0.364. The minimum Gasteiger partial charge on any atom is -0.484 e. The lowest BCUT2D eigenvalue weighted by molar-refractivity contribution is -0.142. The molecule has 28 heavy (non-hydrogen) atoms. The second-order valence-corrected chi connectivity index (χ2v) is 7.48. The highest BCUT2D eigenvalue weighted by atomic mass is 35.5. The summed E-state index contributed by atoms with van der Waals surface area (Å²) in [4.78, 5) is 27.0. The first-order chi connectivity index (χ1) is 13.3. The van der Waals surface area contributed by atoms with Crippen molar-refractivity contribution in [2.45, 2.75) is 46.3 Å². The summed E-state index contributed by atoms with van der Waals surface area (Å²) in [5.41, 5.74) is 1.84. The van der Waals surface area contributed by atoms with Crippen LogP contribution in [-0.4, -0.2) is 35.4 Å². The molecular formula is C22H27ClN2O3. The van der Waals surface area contributed by atoms with Gasteiger partial charge in [-0.3, -0.25) is 9.59 Å². The van der Waals surface area contributed by atoms with Gasteiger partial charge in [0.05, 0.1) is 0 Å². The average Bonchev–Trinajstić information content (AvgIpc) is 2.65. The molecule has 0 aliphatic rings. The molecule has 5 nitrogen and oxygen atoms in total. The van der Waals surface area contributed by atoms with Crippen LogP contribution in [0.15, 0.2) is 48.5 Å². The van der Waals surface area contributed by atoms with Gasteiger partial charge in [-0.05, 0) is 57.0 Å². The molecule has 0 unspecified atom stereocenters. The number of aryl methyl sites for hydroxylation is 1. The van der Waals surface area contributed by atoms with Crippen molar-refractivity contribution in [3.05, 3.63) is 64.7 Å². The maximum Gasteiger partial charge on any atom is 0.261 e. The number of benzene rings is 2. The van der Waals surface area contributed by atoms with Gasteiger partial charge >= 0.3 is 0 Å². The van der Waals surface area contributed by atoms with Crippen molar-refractivity contribution >= 4 is 23.4 Å². The molecule has 0 saturated heterocycles. The molecule has 2 aromatic carbocycles. The SMILES string of the molecule is Cc1ccccc1OCC(=O)N(Cc1ccc(Cl)cc1)[C@H](C)C(=O)NC(C)C. The van der Waals surface area contributed by atoms with Crippen LogP contribution in [0.1, 0.15) is 31.9 Å². The van der Waals surface area contributed by atoms with E-state index in [0.717, 1.165) is 11.1 Å². The Balaban J connectivity index is 2.15. The zero-order valence-corrected chi connectivity index (χ0v) is 17.5. The van der Waals surface area contributed by atoms with Gasteiger partial charge in [0.15, 0.2) is 6.61 Å². The molecule has 0 aliphatic heterocycles. The lowest BCUT2D eigenvalue weighted by Crippen LogP contribution is -2.50. The van der Waals surface area contributed by atoms with Crippen molar-refractivity contribution in [1.29, 1.82) is 0 Å². The molecule has 0 radical (unpaired) electrons. The zero-order valence-electron chi connectivity index (χ0n) is 16.7. The van der Waals surface area contributed by atoms with Crippen LogP contribution in [0.5, 0.6) is 5.75 Å². The first-order valence-corrected chi connectivity index (χ1v) is 9.68. The maximum atomic E-state index is 12.9. The van der Waals surface area contributed by atoms with Crippen molar-refractivity contribution in [3.63, 3.8) is 0 Å². The highest BCUT2D eigenvalue weighted by Crippen LogP contribution is 2.17. The highest BCUT2D eigenvalue weighted by molar-refractivity contribution is 6.30. The van der Waals surface area contributed by atoms with Crippen LogP contribution in [0.2, 0.25) is 5.02 Å². The number of hydrogen-bond donors (Lipinski definition) is 1. The first kappa shape index (κ1) is 21.8. The third-order valence-corrected chi connectivity index (χ3v) is 4.56. The number of para-hydroxylation sites is 1. The van der Waals surface area contributed by atoms with Crippen LogP contribution in [0, 0.1) is 6.92 Å². The number of nitrogens with one attached hydrogen (secondary N) is 1. The van der Waals surface area contributed by atoms with Gasteiger partial charge in [0.25, 0.3) is 5.91 Å². The number of halogens is 1. The Labute approximate surface area is 171 Å². The van der Waals surface area contributed by atoms with E-state index in [0.29, 0.717) is 17.3 Å². The molecule has 0 aromatic heterocycles. The smallest absolute Gasteiger partial charge is 0.261 e. The fourth-order valence-corrected chi connectivity index (χ4v) is 2.84. The van der Waals surface area contributed by atoms with E-state index < -0.39 is 6.04 Å². The van der Waals surface area contributed by atoms with Crippen molar-refractivity contribution in [2.75, 3.05) is 6.61 Å². The third-order valence-electron chi connectivity index (χ3n) is 4.31. The zero-order chi connectivity index (χ0) is 20.7. The third kappa shape index (κ3) is 6.27. The molecule has 0 spiro atoms. The molecule has 1 atom stereocenters. The van der Waals surface area contributed by atoms with Gasteiger partial charge in [0.1, 0.15) is 11.8 Å². The molecule has 1 N–H and O–H groups in total. The fourth-order valence-electron chi connectivity index (χ4n) is 2.72. The van der Waals surface area contributed by atoms with Gasteiger partial charge in [-0.25, -0.2) is 0 Å². The van der Waals surface area contributed by atoms with E-state index in [1.54, 1.807) is 19.1 Å². The second-order valence-electron chi connectivity index (χ2n) is 7.04. The Morgan fingerprint density at radius 1 is 1.07 bits per heavy atom. The average molecular weight is 403 g/mol. The standard InChI is InChI=1S/C22H27ClN2O3/c1-15(2)24-22(27)17(4)25(13-18-9-11-19(23)12-10-18)21(26)14-28-20-8-6-5-7-16(20)3/h5-12,15,17H,13-14H2,1-4H3,(H,24,27)/t17-/m1/s1. The number of carbonyl (C=O) groups is 2. The Morgan fingerprint density at radius 2 is 1.71 bits per heavy atom. The van der Waals surface area contributed by atoms with E-state index in [1.807, 2.05) is 57.2 Å². The van der Waals surface area contributed by atoms with Crippen LogP contribution in [-0.2, 0) is 16.1 Å². The summed E-state index contributed by atoms with van der Waals surface area (Å²) in [6, 6.07) is 14.1. The number of nitrogens with zero attached hydrogens (tertiary/aromatic N) is 1. The van der Waals surface area contributed by atoms with E-state index in [1.165, 1.54) is 4.90 Å². The van der Waals surface area contributed by atoms with Crippen molar-refractivity contribution in [2.24, 2.45) is 0 Å². The van der Waals surface area contributed by atoms with Crippen LogP contribution >= 0.6 is 11.6 Å². The van der Waals surface area contributed by atoms with Crippen LogP contribution in [0.4, 0.5) is 0 Å². The molecular weight excluding hydrogens is 376 g/mol. The van der Waals surface area contributed by atoms with E-state index in [9.17, 15) is 9.59 Å². The Morgan fingerprint density at radius 3 is 2.32 bits per heavy atom. The first-order valence-electron chi connectivity index (χ1n) is 9.30. The molecule has 2 aromatic rings. The van der Waals surface area contributed by atoms with Crippen LogP contribution < -0.4 is 10.1 Å². The number of hydrogen-bond acceptors (Lipinski definition) is 3. The van der Waals surface area contributed by atoms with Gasteiger partial charge in [0.2, 0.25) is 5.91 Å². The molecule has 2 amide bonds. The minimum atomic E-state index is -0.633. The normalized spacial score (nSPS) is 11.8. The van der Waals surface area contributed by atoms with E-state index >= 15 is 0 Å². The van der Waals surface area contributed by atoms with Gasteiger partial charge < -0.3 is 15.0 Å². The molecule has 0 aliphatic carbocycles. The monoisotopic (exact) mass is 402 g/mol. The molecule has 0 bridgehead atoms. The number of amides is 2. The Kier molecular flexibility index (Phi) is 7.88. The Hall–Kier alpha value is -2.53. The van der Waals surface area contributed by atoms with E-state index in [-0.39, 0.29) is 24.5 Å². The second kappa shape index (κ2) is 10.1. The van der Waals surface area contributed by atoms with Crippen molar-refractivity contribution in [1.82, 2.24) is 10.2 Å². The van der Waals surface area contributed by atoms with Crippen molar-refractivity contribution in [3.8, 4) is 5.75 Å². The predicted molar refractivity (Wildman–Crippen MR) is 111 cm³/mol. The van der Waals surface area contributed by atoms with Gasteiger partial charge in [0, 0.05) is 17.6 Å². The summed E-state index contributed by atoms with van der Waals surface area (Å²) in [6.45, 7) is 7.56. The molecule has 0 saturated carbocycles. The summed E-state index contributed by atoms with van der Waals surface area (Å²) in [5, 5.41) is 3.48. The lowest BCUT2D eigenvalue weighted by Gasteiger charge is -2.29. The molecule has 0 heterocycles.